The minimum absolute atomic E-state index is 0.122. The lowest BCUT2D eigenvalue weighted by atomic mass is 9.87. The monoisotopic (exact) mass is 366 g/mol. The van der Waals surface area contributed by atoms with Gasteiger partial charge in [-0.05, 0) is 49.6 Å². The number of aryl methyl sites for hydroxylation is 1. The molecule has 1 aliphatic heterocycles. The molecule has 1 saturated heterocycles. The van der Waals surface area contributed by atoms with Crippen molar-refractivity contribution in [3.63, 3.8) is 0 Å². The van der Waals surface area contributed by atoms with Crippen molar-refractivity contribution in [1.29, 1.82) is 0 Å². The third-order valence-corrected chi connectivity index (χ3v) is 5.74. The molecule has 0 spiro atoms. The molecule has 1 fully saturated rings. The van der Waals surface area contributed by atoms with Crippen molar-refractivity contribution in [3.05, 3.63) is 63.7 Å². The summed E-state index contributed by atoms with van der Waals surface area (Å²) in [4.78, 5) is 15.9. The van der Waals surface area contributed by atoms with Crippen molar-refractivity contribution in [2.24, 2.45) is 0 Å². The third-order valence-electron chi connectivity index (χ3n) is 5.74. The number of nitrogens with one attached hydrogen (secondary N) is 1. The Hall–Kier alpha value is -2.60. The highest BCUT2D eigenvalue weighted by Crippen LogP contribution is 2.37. The Balaban J connectivity index is 1.63. The Morgan fingerprint density at radius 3 is 2.67 bits per heavy atom. The van der Waals surface area contributed by atoms with Crippen LogP contribution in [0.15, 0.2) is 42.5 Å². The smallest absolute Gasteiger partial charge is 0.292 e. The first kappa shape index (κ1) is 17.8. The molecule has 1 unspecified atom stereocenters. The molecular formula is C21H26N4O2. The molecule has 6 nitrogen and oxygen atoms in total. The van der Waals surface area contributed by atoms with Gasteiger partial charge in [0.2, 0.25) is 0 Å². The van der Waals surface area contributed by atoms with E-state index in [9.17, 15) is 10.1 Å². The van der Waals surface area contributed by atoms with Gasteiger partial charge in [-0.2, -0.15) is 0 Å². The molecule has 0 radical (unpaired) electrons. The average molecular weight is 366 g/mol. The predicted molar refractivity (Wildman–Crippen MR) is 109 cm³/mol. The Labute approximate surface area is 159 Å². The van der Waals surface area contributed by atoms with E-state index in [0.717, 1.165) is 51.1 Å². The Kier molecular flexibility index (Phi) is 4.99. The van der Waals surface area contributed by atoms with E-state index >= 15 is 0 Å². The summed E-state index contributed by atoms with van der Waals surface area (Å²) in [6, 6.07) is 14.0. The van der Waals surface area contributed by atoms with E-state index in [1.165, 1.54) is 11.1 Å². The van der Waals surface area contributed by atoms with Crippen LogP contribution in [-0.2, 0) is 6.42 Å². The average Bonchev–Trinajstić information content (AvgIpc) is 2.68. The van der Waals surface area contributed by atoms with Gasteiger partial charge >= 0.3 is 0 Å². The van der Waals surface area contributed by atoms with E-state index in [4.69, 9.17) is 0 Å². The fraction of sp³-hybridized carbons (Fsp3) is 0.429. The van der Waals surface area contributed by atoms with Crippen molar-refractivity contribution in [1.82, 2.24) is 4.90 Å². The van der Waals surface area contributed by atoms with Crippen molar-refractivity contribution in [2.45, 2.75) is 25.3 Å². The Bertz CT molecular complexity index is 831. The van der Waals surface area contributed by atoms with Gasteiger partial charge in [0.05, 0.1) is 11.0 Å². The fourth-order valence-corrected chi connectivity index (χ4v) is 4.15. The maximum atomic E-state index is 11.6. The van der Waals surface area contributed by atoms with Crippen LogP contribution in [0.5, 0.6) is 0 Å². The summed E-state index contributed by atoms with van der Waals surface area (Å²) in [6.07, 6.45) is 3.17. The third kappa shape index (κ3) is 3.76. The number of nitro groups is 1. The van der Waals surface area contributed by atoms with Gasteiger partial charge in [-0.1, -0.05) is 24.3 Å². The number of benzene rings is 2. The summed E-state index contributed by atoms with van der Waals surface area (Å²) in [5.74, 6) is 0. The summed E-state index contributed by atoms with van der Waals surface area (Å²) in [6.45, 7) is 3.91. The molecule has 6 heteroatoms. The van der Waals surface area contributed by atoms with Crippen LogP contribution < -0.4 is 10.2 Å². The van der Waals surface area contributed by atoms with Gasteiger partial charge in [0.15, 0.2) is 0 Å². The molecule has 2 aromatic rings. The van der Waals surface area contributed by atoms with Crippen LogP contribution in [0, 0.1) is 10.1 Å². The predicted octanol–water partition coefficient (Wildman–Crippen LogP) is 3.84. The van der Waals surface area contributed by atoms with Crippen LogP contribution in [0.2, 0.25) is 0 Å². The van der Waals surface area contributed by atoms with Crippen LogP contribution in [-0.4, -0.2) is 43.0 Å². The zero-order valence-corrected chi connectivity index (χ0v) is 15.7. The molecule has 27 heavy (non-hydrogen) atoms. The van der Waals surface area contributed by atoms with Crippen molar-refractivity contribution < 1.29 is 4.92 Å². The van der Waals surface area contributed by atoms with Gasteiger partial charge < -0.3 is 15.1 Å². The van der Waals surface area contributed by atoms with E-state index < -0.39 is 0 Å². The van der Waals surface area contributed by atoms with Crippen molar-refractivity contribution >= 4 is 17.1 Å². The second-order valence-corrected chi connectivity index (χ2v) is 7.54. The molecule has 0 saturated carbocycles. The van der Waals surface area contributed by atoms with Gasteiger partial charge in [-0.25, -0.2) is 0 Å². The highest BCUT2D eigenvalue weighted by atomic mass is 16.6. The van der Waals surface area contributed by atoms with Crippen LogP contribution in [0.4, 0.5) is 17.1 Å². The molecular weight excluding hydrogens is 340 g/mol. The highest BCUT2D eigenvalue weighted by Gasteiger charge is 2.24. The van der Waals surface area contributed by atoms with Crippen LogP contribution in [0.1, 0.15) is 30.0 Å². The molecule has 1 N–H and O–H groups in total. The first-order valence-electron chi connectivity index (χ1n) is 9.68. The molecule has 0 amide bonds. The van der Waals surface area contributed by atoms with Gasteiger partial charge in [-0.15, -0.1) is 0 Å². The maximum absolute atomic E-state index is 11.6. The zero-order chi connectivity index (χ0) is 18.8. The summed E-state index contributed by atoms with van der Waals surface area (Å²) in [5, 5.41) is 15.1. The van der Waals surface area contributed by atoms with E-state index in [0.29, 0.717) is 5.69 Å². The second-order valence-electron chi connectivity index (χ2n) is 7.54. The standard InChI is InChI=1S/C21H26N4O2/c1-23-11-13-24(14-12-23)17-9-10-21(25(26)27)20(15-17)22-19-8-4-6-16-5-2-3-7-18(16)19/h2-3,5,7,9-10,15,19,22H,4,6,8,11-14H2,1H3. The van der Waals surface area contributed by atoms with Gasteiger partial charge in [0, 0.05) is 37.9 Å². The summed E-state index contributed by atoms with van der Waals surface area (Å²) in [7, 11) is 2.13. The van der Waals surface area contributed by atoms with Crippen LogP contribution in [0.25, 0.3) is 0 Å². The quantitative estimate of drug-likeness (QED) is 0.658. The number of hydrogen-bond donors (Lipinski definition) is 1. The Morgan fingerprint density at radius 1 is 1.11 bits per heavy atom. The van der Waals surface area contributed by atoms with E-state index in [1.807, 2.05) is 18.2 Å². The number of nitro benzene ring substituents is 1. The number of nitrogens with zero attached hydrogens (tertiary/aromatic N) is 3. The number of anilines is 2. The molecule has 2 aliphatic rings. The number of likely N-dealkylation sites (N-methyl/N-ethyl adjacent to an activating group) is 1. The number of fused-ring (bicyclic) bond motifs is 1. The van der Waals surface area contributed by atoms with Crippen molar-refractivity contribution in [3.8, 4) is 0 Å². The molecule has 1 heterocycles. The molecule has 0 bridgehead atoms. The fourth-order valence-electron chi connectivity index (χ4n) is 4.15. The minimum Gasteiger partial charge on any atom is -0.373 e. The van der Waals surface area contributed by atoms with Crippen LogP contribution >= 0.6 is 0 Å². The lowest BCUT2D eigenvalue weighted by molar-refractivity contribution is -0.384. The number of rotatable bonds is 4. The zero-order valence-electron chi connectivity index (χ0n) is 15.7. The summed E-state index contributed by atoms with van der Waals surface area (Å²) in [5.41, 5.74) is 4.44. The molecule has 2 aromatic carbocycles. The topological polar surface area (TPSA) is 61.7 Å². The minimum atomic E-state index is -0.287. The summed E-state index contributed by atoms with van der Waals surface area (Å²) >= 11 is 0. The first-order valence-corrected chi connectivity index (χ1v) is 9.68. The SMILES string of the molecule is CN1CCN(c2ccc([N+](=O)[O-])c(NC3CCCc4ccccc43)c2)CC1. The lowest BCUT2D eigenvalue weighted by Crippen LogP contribution is -2.44. The van der Waals surface area contributed by atoms with Crippen LogP contribution in [0.3, 0.4) is 0 Å². The molecule has 4 rings (SSSR count). The number of hydrogen-bond acceptors (Lipinski definition) is 5. The number of piperazine rings is 1. The van der Waals surface area contributed by atoms with Crippen molar-refractivity contribution in [2.75, 3.05) is 43.4 Å². The lowest BCUT2D eigenvalue weighted by Gasteiger charge is -2.34. The Morgan fingerprint density at radius 2 is 1.89 bits per heavy atom. The highest BCUT2D eigenvalue weighted by molar-refractivity contribution is 5.70. The molecule has 1 atom stereocenters. The van der Waals surface area contributed by atoms with E-state index in [2.05, 4.69) is 40.4 Å². The van der Waals surface area contributed by atoms with E-state index in [1.54, 1.807) is 6.07 Å². The van der Waals surface area contributed by atoms with E-state index in [-0.39, 0.29) is 16.7 Å². The maximum Gasteiger partial charge on any atom is 0.292 e. The first-order chi connectivity index (χ1) is 13.1. The normalized spacial score (nSPS) is 20.2. The van der Waals surface area contributed by atoms with Gasteiger partial charge in [0.1, 0.15) is 5.69 Å². The molecule has 142 valence electrons. The second kappa shape index (κ2) is 7.56. The largest absolute Gasteiger partial charge is 0.373 e. The summed E-state index contributed by atoms with van der Waals surface area (Å²) < 4.78 is 0. The molecule has 0 aromatic heterocycles. The van der Waals surface area contributed by atoms with Gasteiger partial charge in [-0.3, -0.25) is 10.1 Å². The molecule has 1 aliphatic carbocycles. The van der Waals surface area contributed by atoms with Gasteiger partial charge in [0.25, 0.3) is 5.69 Å².